The smallest absolute Gasteiger partial charge is 0.161 e. The minimum absolute atomic E-state index is 0.688. The van der Waals surface area contributed by atoms with Gasteiger partial charge in [-0.1, -0.05) is 55.1 Å². The van der Waals surface area contributed by atoms with Crippen LogP contribution in [-0.4, -0.2) is 17.5 Å². The van der Waals surface area contributed by atoms with Crippen LogP contribution >= 0.6 is 11.8 Å². The van der Waals surface area contributed by atoms with Crippen molar-refractivity contribution < 1.29 is 0 Å². The highest BCUT2D eigenvalue weighted by atomic mass is 32.2. The molecule has 2 nitrogen and oxygen atoms in total. The van der Waals surface area contributed by atoms with Gasteiger partial charge in [-0.2, -0.15) is 0 Å². The highest BCUT2D eigenvalue weighted by Gasteiger charge is 2.12. The molecule has 0 fully saturated rings. The van der Waals surface area contributed by atoms with E-state index in [0.29, 0.717) is 5.92 Å². The first-order chi connectivity index (χ1) is 8.83. The van der Waals surface area contributed by atoms with Crippen molar-refractivity contribution in [2.24, 2.45) is 10.9 Å². The number of aliphatic imine (C=N–C) groups is 1. The van der Waals surface area contributed by atoms with Crippen LogP contribution in [0.1, 0.15) is 6.92 Å². The third-order valence-corrected chi connectivity index (χ3v) is 4.32. The van der Waals surface area contributed by atoms with Crippen LogP contribution in [0.15, 0.2) is 47.5 Å². The predicted molar refractivity (Wildman–Crippen MR) is 81.5 cm³/mol. The van der Waals surface area contributed by atoms with Crippen LogP contribution < -0.4 is 5.32 Å². The van der Waals surface area contributed by atoms with Crippen LogP contribution in [0.4, 0.5) is 5.69 Å². The van der Waals surface area contributed by atoms with Gasteiger partial charge in [-0.3, -0.25) is 4.99 Å². The molecule has 1 unspecified atom stereocenters. The molecule has 1 aliphatic rings. The van der Waals surface area contributed by atoms with Gasteiger partial charge in [0.05, 0.1) is 0 Å². The van der Waals surface area contributed by atoms with Gasteiger partial charge in [-0.25, -0.2) is 0 Å². The second-order valence-corrected chi connectivity index (χ2v) is 5.72. The van der Waals surface area contributed by atoms with Crippen molar-refractivity contribution >= 4 is 33.4 Å². The topological polar surface area (TPSA) is 24.4 Å². The fraction of sp³-hybridized carbons (Fsp3) is 0.267. The minimum atomic E-state index is 0.688. The first-order valence-electron chi connectivity index (χ1n) is 6.25. The van der Waals surface area contributed by atoms with Crippen LogP contribution in [0.2, 0.25) is 0 Å². The summed E-state index contributed by atoms with van der Waals surface area (Å²) in [6.07, 6.45) is 0. The van der Waals surface area contributed by atoms with E-state index in [1.165, 1.54) is 10.8 Å². The lowest BCUT2D eigenvalue weighted by molar-refractivity contribution is 0.674. The molecule has 1 aliphatic heterocycles. The number of thioether (sulfide) groups is 1. The second-order valence-electron chi connectivity index (χ2n) is 4.71. The third kappa shape index (κ3) is 2.36. The Hall–Kier alpha value is -1.48. The number of amidine groups is 1. The summed E-state index contributed by atoms with van der Waals surface area (Å²) >= 11 is 1.81. The lowest BCUT2D eigenvalue weighted by atomic mass is 10.1. The maximum atomic E-state index is 4.58. The second kappa shape index (κ2) is 5.02. The molecule has 0 spiro atoms. The number of hydrogen-bond donors (Lipinski definition) is 1. The zero-order valence-electron chi connectivity index (χ0n) is 10.4. The van der Waals surface area contributed by atoms with Gasteiger partial charge in [-0.15, -0.1) is 0 Å². The summed E-state index contributed by atoms with van der Waals surface area (Å²) in [6.45, 7) is 3.17. The molecular weight excluding hydrogens is 240 g/mol. The zero-order valence-corrected chi connectivity index (χ0v) is 11.2. The number of rotatable bonds is 1. The Labute approximate surface area is 112 Å². The van der Waals surface area contributed by atoms with Crippen molar-refractivity contribution in [1.82, 2.24) is 0 Å². The van der Waals surface area contributed by atoms with Crippen LogP contribution in [0.5, 0.6) is 0 Å². The molecule has 0 bridgehead atoms. The molecular formula is C15H16N2S. The first-order valence-corrected chi connectivity index (χ1v) is 7.23. The first kappa shape index (κ1) is 11.6. The molecule has 3 heteroatoms. The number of hydrogen-bond acceptors (Lipinski definition) is 3. The molecule has 0 amide bonds. The number of benzene rings is 2. The summed E-state index contributed by atoms with van der Waals surface area (Å²) in [5.74, 6) is 1.84. The normalized spacial score (nSPS) is 19.6. The van der Waals surface area contributed by atoms with Crippen molar-refractivity contribution in [3.63, 3.8) is 0 Å². The highest BCUT2D eigenvalue weighted by molar-refractivity contribution is 8.14. The van der Waals surface area contributed by atoms with E-state index in [1.54, 1.807) is 0 Å². The van der Waals surface area contributed by atoms with Gasteiger partial charge in [0, 0.05) is 23.4 Å². The zero-order chi connectivity index (χ0) is 12.4. The van der Waals surface area contributed by atoms with E-state index in [-0.39, 0.29) is 0 Å². The molecule has 3 rings (SSSR count). The summed E-state index contributed by atoms with van der Waals surface area (Å²) in [7, 11) is 0. The number of nitrogens with one attached hydrogen (secondary N) is 1. The number of anilines is 1. The molecule has 1 atom stereocenters. The van der Waals surface area contributed by atoms with Crippen molar-refractivity contribution in [1.29, 1.82) is 0 Å². The van der Waals surface area contributed by atoms with Crippen LogP contribution in [-0.2, 0) is 0 Å². The quantitative estimate of drug-likeness (QED) is 0.834. The maximum Gasteiger partial charge on any atom is 0.161 e. The van der Waals surface area contributed by atoms with Gasteiger partial charge >= 0.3 is 0 Å². The van der Waals surface area contributed by atoms with E-state index in [2.05, 4.69) is 59.7 Å². The SMILES string of the molecule is CC1CN=C(Nc2cccc3ccccc23)SC1. The maximum absolute atomic E-state index is 4.58. The molecule has 1 N–H and O–H groups in total. The van der Waals surface area contributed by atoms with Crippen molar-refractivity contribution in [2.45, 2.75) is 6.92 Å². The minimum Gasteiger partial charge on any atom is -0.334 e. The average molecular weight is 256 g/mol. The van der Waals surface area contributed by atoms with Gasteiger partial charge in [0.1, 0.15) is 0 Å². The molecule has 1 heterocycles. The predicted octanol–water partition coefficient (Wildman–Crippen LogP) is 3.99. The summed E-state index contributed by atoms with van der Waals surface area (Å²) < 4.78 is 0. The van der Waals surface area contributed by atoms with E-state index >= 15 is 0 Å². The lowest BCUT2D eigenvalue weighted by Gasteiger charge is -2.18. The lowest BCUT2D eigenvalue weighted by Crippen LogP contribution is -2.18. The van der Waals surface area contributed by atoms with Gasteiger partial charge in [-0.05, 0) is 17.4 Å². The average Bonchev–Trinajstić information content (AvgIpc) is 2.42. The van der Waals surface area contributed by atoms with Gasteiger partial charge < -0.3 is 5.32 Å². The number of nitrogens with zero attached hydrogens (tertiary/aromatic N) is 1. The molecule has 92 valence electrons. The van der Waals surface area contributed by atoms with E-state index in [0.717, 1.165) is 23.2 Å². The Morgan fingerprint density at radius 2 is 2.00 bits per heavy atom. The highest BCUT2D eigenvalue weighted by Crippen LogP contribution is 2.25. The standard InChI is InChI=1S/C15H16N2S/c1-11-9-16-15(18-10-11)17-14-8-4-6-12-5-2-3-7-13(12)14/h2-8,11H,9-10H2,1H3,(H,16,17). The summed E-state index contributed by atoms with van der Waals surface area (Å²) in [5.41, 5.74) is 1.15. The molecule has 0 saturated heterocycles. The van der Waals surface area contributed by atoms with Gasteiger partial charge in [0.25, 0.3) is 0 Å². The summed E-state index contributed by atoms with van der Waals surface area (Å²) in [6, 6.07) is 14.8. The Balaban J connectivity index is 1.91. The largest absolute Gasteiger partial charge is 0.334 e. The van der Waals surface area contributed by atoms with Crippen LogP contribution in [0, 0.1) is 5.92 Å². The fourth-order valence-corrected chi connectivity index (χ4v) is 2.98. The molecule has 0 saturated carbocycles. The van der Waals surface area contributed by atoms with Crippen molar-refractivity contribution in [3.8, 4) is 0 Å². The van der Waals surface area contributed by atoms with E-state index in [1.807, 2.05) is 11.8 Å². The van der Waals surface area contributed by atoms with Crippen molar-refractivity contribution in [3.05, 3.63) is 42.5 Å². The molecule has 0 aliphatic carbocycles. The molecule has 0 radical (unpaired) electrons. The Kier molecular flexibility index (Phi) is 3.24. The van der Waals surface area contributed by atoms with E-state index in [4.69, 9.17) is 0 Å². The van der Waals surface area contributed by atoms with Crippen LogP contribution in [0.25, 0.3) is 10.8 Å². The fourth-order valence-electron chi connectivity index (χ4n) is 2.08. The van der Waals surface area contributed by atoms with Crippen molar-refractivity contribution in [2.75, 3.05) is 17.6 Å². The molecule has 2 aromatic rings. The van der Waals surface area contributed by atoms with Gasteiger partial charge in [0.2, 0.25) is 0 Å². The molecule has 2 aromatic carbocycles. The van der Waals surface area contributed by atoms with Gasteiger partial charge in [0.15, 0.2) is 5.17 Å². The Morgan fingerprint density at radius 1 is 1.17 bits per heavy atom. The Bertz CT molecular complexity index is 587. The molecule has 18 heavy (non-hydrogen) atoms. The monoisotopic (exact) mass is 256 g/mol. The van der Waals surface area contributed by atoms with E-state index in [9.17, 15) is 0 Å². The Morgan fingerprint density at radius 3 is 2.83 bits per heavy atom. The molecule has 0 aromatic heterocycles. The summed E-state index contributed by atoms with van der Waals surface area (Å²) in [5, 5.41) is 7.02. The van der Waals surface area contributed by atoms with E-state index < -0.39 is 0 Å². The third-order valence-electron chi connectivity index (χ3n) is 3.08. The van der Waals surface area contributed by atoms with Crippen LogP contribution in [0.3, 0.4) is 0 Å². The summed E-state index contributed by atoms with van der Waals surface area (Å²) in [4.78, 5) is 4.58. The number of fused-ring (bicyclic) bond motifs is 1.